The molecule has 0 fully saturated rings. The molecule has 1 N–H and O–H groups in total. The molecule has 0 saturated carbocycles. The Morgan fingerprint density at radius 1 is 1.00 bits per heavy atom. The zero-order valence-corrected chi connectivity index (χ0v) is 12.4. The Balaban J connectivity index is 2.31. The van der Waals surface area contributed by atoms with Crippen molar-refractivity contribution in [2.24, 2.45) is 0 Å². The summed E-state index contributed by atoms with van der Waals surface area (Å²) in [5.74, 6) is 0. The van der Waals surface area contributed by atoms with Crippen LogP contribution in [0.3, 0.4) is 0 Å². The lowest BCUT2D eigenvalue weighted by molar-refractivity contribution is 0.841. The molecule has 19 heavy (non-hydrogen) atoms. The summed E-state index contributed by atoms with van der Waals surface area (Å²) in [6.07, 6.45) is 0. The molecule has 1 aromatic carbocycles. The third-order valence-corrected chi connectivity index (χ3v) is 3.53. The summed E-state index contributed by atoms with van der Waals surface area (Å²) in [6.45, 7) is 10.6. The van der Waals surface area contributed by atoms with E-state index in [1.807, 2.05) is 6.92 Å². The number of nitrogens with one attached hydrogen (secondary N) is 1. The lowest BCUT2D eigenvalue weighted by Gasteiger charge is -2.21. The Bertz CT molecular complexity index is 565. The Labute approximate surface area is 115 Å². The zero-order chi connectivity index (χ0) is 14.0. The smallest absolute Gasteiger partial charge is 0.0506 e. The van der Waals surface area contributed by atoms with E-state index in [9.17, 15) is 0 Å². The minimum Gasteiger partial charge on any atom is -0.378 e. The SMILES string of the molecule is Cc1cc(C)c(C(C)Nc2ccccc2C)c(C)n1. The molecule has 0 spiro atoms. The molecule has 0 saturated heterocycles. The molecule has 1 atom stereocenters. The molecule has 100 valence electrons. The number of nitrogens with zero attached hydrogens (tertiary/aromatic N) is 1. The van der Waals surface area contributed by atoms with Crippen LogP contribution in [0.25, 0.3) is 0 Å². The van der Waals surface area contributed by atoms with Crippen LogP contribution >= 0.6 is 0 Å². The van der Waals surface area contributed by atoms with Gasteiger partial charge in [-0.1, -0.05) is 18.2 Å². The van der Waals surface area contributed by atoms with Gasteiger partial charge in [-0.3, -0.25) is 4.98 Å². The van der Waals surface area contributed by atoms with E-state index in [-0.39, 0.29) is 6.04 Å². The normalized spacial score (nSPS) is 12.3. The zero-order valence-electron chi connectivity index (χ0n) is 12.4. The Kier molecular flexibility index (Phi) is 3.89. The van der Waals surface area contributed by atoms with Crippen LogP contribution in [0.2, 0.25) is 0 Å². The van der Waals surface area contributed by atoms with Crippen LogP contribution < -0.4 is 5.32 Å². The predicted molar refractivity (Wildman–Crippen MR) is 81.7 cm³/mol. The van der Waals surface area contributed by atoms with E-state index in [2.05, 4.69) is 68.3 Å². The van der Waals surface area contributed by atoms with E-state index in [0.717, 1.165) is 11.4 Å². The molecular formula is C17H22N2. The highest BCUT2D eigenvalue weighted by Crippen LogP contribution is 2.26. The number of hydrogen-bond acceptors (Lipinski definition) is 2. The van der Waals surface area contributed by atoms with Crippen LogP contribution in [0.15, 0.2) is 30.3 Å². The molecule has 2 rings (SSSR count). The predicted octanol–water partition coefficient (Wildman–Crippen LogP) is 4.49. The van der Waals surface area contributed by atoms with E-state index in [1.54, 1.807) is 0 Å². The summed E-state index contributed by atoms with van der Waals surface area (Å²) in [7, 11) is 0. The van der Waals surface area contributed by atoms with Crippen LogP contribution in [0.5, 0.6) is 0 Å². The number of hydrogen-bond donors (Lipinski definition) is 1. The Morgan fingerprint density at radius 3 is 2.32 bits per heavy atom. The molecule has 1 aromatic heterocycles. The van der Waals surface area contributed by atoms with Gasteiger partial charge >= 0.3 is 0 Å². The first-order valence-electron chi connectivity index (χ1n) is 6.76. The topological polar surface area (TPSA) is 24.9 Å². The standard InChI is InChI=1S/C17H22N2/c1-11-8-6-7-9-16(11)19-15(5)17-12(2)10-13(3)18-14(17)4/h6-10,15,19H,1-5H3. The summed E-state index contributed by atoms with van der Waals surface area (Å²) < 4.78 is 0. The molecule has 2 nitrogen and oxygen atoms in total. The van der Waals surface area contributed by atoms with Gasteiger partial charge in [-0.2, -0.15) is 0 Å². The second-order valence-electron chi connectivity index (χ2n) is 5.26. The summed E-state index contributed by atoms with van der Waals surface area (Å²) in [4.78, 5) is 4.58. The number of pyridine rings is 1. The van der Waals surface area contributed by atoms with Crippen molar-refractivity contribution in [1.29, 1.82) is 0 Å². The third-order valence-electron chi connectivity index (χ3n) is 3.53. The lowest BCUT2D eigenvalue weighted by Crippen LogP contribution is -2.12. The van der Waals surface area contributed by atoms with Gasteiger partial charge in [-0.05, 0) is 63.4 Å². The number of para-hydroxylation sites is 1. The van der Waals surface area contributed by atoms with Crippen molar-refractivity contribution in [2.75, 3.05) is 5.32 Å². The average Bonchev–Trinajstić information content (AvgIpc) is 2.30. The van der Waals surface area contributed by atoms with Crippen molar-refractivity contribution >= 4 is 5.69 Å². The van der Waals surface area contributed by atoms with Crippen molar-refractivity contribution < 1.29 is 0 Å². The van der Waals surface area contributed by atoms with E-state index < -0.39 is 0 Å². The highest BCUT2D eigenvalue weighted by Gasteiger charge is 2.13. The van der Waals surface area contributed by atoms with Gasteiger partial charge in [0.2, 0.25) is 0 Å². The number of benzene rings is 1. The largest absolute Gasteiger partial charge is 0.378 e. The van der Waals surface area contributed by atoms with Crippen LogP contribution in [-0.2, 0) is 0 Å². The third kappa shape index (κ3) is 2.95. The van der Waals surface area contributed by atoms with E-state index in [4.69, 9.17) is 0 Å². The molecule has 0 radical (unpaired) electrons. The van der Waals surface area contributed by atoms with Gasteiger partial charge in [0.25, 0.3) is 0 Å². The number of anilines is 1. The maximum Gasteiger partial charge on any atom is 0.0506 e. The number of aromatic nitrogens is 1. The molecular weight excluding hydrogens is 232 g/mol. The number of rotatable bonds is 3. The summed E-state index contributed by atoms with van der Waals surface area (Å²) in [6, 6.07) is 10.8. The Morgan fingerprint density at radius 2 is 1.68 bits per heavy atom. The fourth-order valence-corrected chi connectivity index (χ4v) is 2.73. The lowest BCUT2D eigenvalue weighted by atomic mass is 10.00. The van der Waals surface area contributed by atoms with Crippen LogP contribution in [0.1, 0.15) is 41.0 Å². The maximum absolute atomic E-state index is 4.58. The van der Waals surface area contributed by atoms with Gasteiger partial charge in [0.05, 0.1) is 6.04 Å². The molecule has 0 aliphatic carbocycles. The van der Waals surface area contributed by atoms with Gasteiger partial charge in [0, 0.05) is 17.1 Å². The van der Waals surface area contributed by atoms with E-state index >= 15 is 0 Å². The molecule has 2 aromatic rings. The van der Waals surface area contributed by atoms with E-state index in [1.165, 1.54) is 22.4 Å². The molecule has 0 aliphatic heterocycles. The highest BCUT2D eigenvalue weighted by atomic mass is 14.9. The highest BCUT2D eigenvalue weighted by molar-refractivity contribution is 5.52. The fraction of sp³-hybridized carbons (Fsp3) is 0.353. The minimum absolute atomic E-state index is 0.259. The van der Waals surface area contributed by atoms with E-state index in [0.29, 0.717) is 0 Å². The molecule has 0 aliphatic rings. The van der Waals surface area contributed by atoms with Crippen molar-refractivity contribution in [3.8, 4) is 0 Å². The first kappa shape index (κ1) is 13.6. The molecule has 0 bridgehead atoms. The summed E-state index contributed by atoms with van der Waals surface area (Å²) >= 11 is 0. The monoisotopic (exact) mass is 254 g/mol. The van der Waals surface area contributed by atoms with Gasteiger partial charge in [0.15, 0.2) is 0 Å². The van der Waals surface area contributed by atoms with Crippen molar-refractivity contribution in [3.05, 3.63) is 58.4 Å². The summed E-state index contributed by atoms with van der Waals surface area (Å²) in [5.41, 5.74) is 7.26. The fourth-order valence-electron chi connectivity index (χ4n) is 2.73. The van der Waals surface area contributed by atoms with Crippen LogP contribution in [-0.4, -0.2) is 4.98 Å². The van der Waals surface area contributed by atoms with Gasteiger partial charge < -0.3 is 5.32 Å². The van der Waals surface area contributed by atoms with Crippen LogP contribution in [0, 0.1) is 27.7 Å². The first-order chi connectivity index (χ1) is 8.99. The quantitative estimate of drug-likeness (QED) is 0.873. The Hall–Kier alpha value is -1.83. The minimum atomic E-state index is 0.259. The van der Waals surface area contributed by atoms with Crippen molar-refractivity contribution in [2.45, 2.75) is 40.7 Å². The summed E-state index contributed by atoms with van der Waals surface area (Å²) in [5, 5.41) is 3.59. The molecule has 0 amide bonds. The molecule has 2 heteroatoms. The van der Waals surface area contributed by atoms with Gasteiger partial charge in [-0.25, -0.2) is 0 Å². The second kappa shape index (κ2) is 5.43. The second-order valence-corrected chi connectivity index (χ2v) is 5.26. The van der Waals surface area contributed by atoms with Crippen molar-refractivity contribution in [3.63, 3.8) is 0 Å². The number of aryl methyl sites for hydroxylation is 4. The first-order valence-corrected chi connectivity index (χ1v) is 6.76. The van der Waals surface area contributed by atoms with Crippen molar-refractivity contribution in [1.82, 2.24) is 4.98 Å². The molecule has 1 heterocycles. The van der Waals surface area contributed by atoms with Gasteiger partial charge in [0.1, 0.15) is 0 Å². The van der Waals surface area contributed by atoms with Crippen LogP contribution in [0.4, 0.5) is 5.69 Å². The average molecular weight is 254 g/mol. The molecule has 1 unspecified atom stereocenters. The van der Waals surface area contributed by atoms with Gasteiger partial charge in [-0.15, -0.1) is 0 Å². The maximum atomic E-state index is 4.58.